The van der Waals surface area contributed by atoms with Crippen LogP contribution in [0.15, 0.2) is 36.9 Å². The number of ether oxygens (including phenoxy) is 3. The number of aliphatic hydroxyl groups is 4. The summed E-state index contributed by atoms with van der Waals surface area (Å²) in [4.78, 5) is 41.9. The number of nitro groups is 1. The molecule has 0 bridgehead atoms. The summed E-state index contributed by atoms with van der Waals surface area (Å²) in [7, 11) is -10.8. The summed E-state index contributed by atoms with van der Waals surface area (Å²) >= 11 is 0. The number of nitrogens with zero attached hydrogens (tertiary/aromatic N) is 5. The molecule has 2 unspecified atom stereocenters. The minimum absolute atomic E-state index is 0.0280. The lowest BCUT2D eigenvalue weighted by Gasteiger charge is -2.20. The molecule has 5 rings (SSSR count). The Hall–Kier alpha value is -3.21. The average molecular weight is 680 g/mol. The zero-order chi connectivity index (χ0) is 32.7. The molecule has 2 aromatic heterocycles. The molecule has 2 aliphatic rings. The molecule has 24 heteroatoms. The second kappa shape index (κ2) is 12.9. The largest absolute Gasteiger partial charge is 0.481 e. The summed E-state index contributed by atoms with van der Waals surface area (Å²) in [6.07, 6.45) is -10.1. The van der Waals surface area contributed by atoms with E-state index in [1.54, 1.807) is 0 Å². The van der Waals surface area contributed by atoms with E-state index in [4.69, 9.17) is 19.9 Å². The molecule has 246 valence electrons. The van der Waals surface area contributed by atoms with Crippen molar-refractivity contribution in [1.29, 1.82) is 0 Å². The van der Waals surface area contributed by atoms with E-state index < -0.39 is 82.9 Å². The number of rotatable bonds is 12. The summed E-state index contributed by atoms with van der Waals surface area (Å²) in [5, 5.41) is 52.1. The molecule has 2 saturated heterocycles. The fourth-order valence-electron chi connectivity index (χ4n) is 4.40. The highest BCUT2D eigenvalue weighted by Crippen LogP contribution is 2.60. The highest BCUT2D eigenvalue weighted by molar-refractivity contribution is 7.61. The maximum atomic E-state index is 12.4. The molecule has 22 nitrogen and oxygen atoms in total. The lowest BCUT2D eigenvalue weighted by Crippen LogP contribution is -2.35. The van der Waals surface area contributed by atoms with Gasteiger partial charge in [0.1, 0.15) is 54.2 Å². The SMILES string of the molecule is Nc1ncnc2c1ncn2[C@@H]1O[C@H](COP(=O)(O)OP(=O)(O)OC[C@@H]2O[C@H](Oc3ccc([N+](=O)[O-])cc3)[C@@H](O)[C@H]2O)[C@@H](O)[C@H]1O. The van der Waals surface area contributed by atoms with Gasteiger partial charge in [-0.3, -0.25) is 23.7 Å². The monoisotopic (exact) mass is 680 g/mol. The molecular weight excluding hydrogens is 654 g/mol. The second-order valence-electron chi connectivity index (χ2n) is 9.63. The Kier molecular flexibility index (Phi) is 9.50. The summed E-state index contributed by atoms with van der Waals surface area (Å²) in [6.45, 7) is -1.86. The normalized spacial score (nSPS) is 31.1. The molecule has 4 heterocycles. The van der Waals surface area contributed by atoms with Crippen LogP contribution >= 0.6 is 15.6 Å². The first-order valence-electron chi connectivity index (χ1n) is 12.7. The van der Waals surface area contributed by atoms with Crippen LogP contribution < -0.4 is 10.5 Å². The number of phosphoric acid groups is 2. The van der Waals surface area contributed by atoms with Gasteiger partial charge in [0.15, 0.2) is 17.7 Å². The van der Waals surface area contributed by atoms with Crippen molar-refractivity contribution in [3.63, 3.8) is 0 Å². The Morgan fingerprint density at radius 1 is 0.911 bits per heavy atom. The van der Waals surface area contributed by atoms with Crippen molar-refractivity contribution < 1.29 is 71.8 Å². The van der Waals surface area contributed by atoms with Gasteiger partial charge in [0, 0.05) is 12.1 Å². The van der Waals surface area contributed by atoms with Crippen molar-refractivity contribution in [2.75, 3.05) is 18.9 Å². The van der Waals surface area contributed by atoms with Gasteiger partial charge < -0.3 is 50.2 Å². The number of fused-ring (bicyclic) bond motifs is 1. The molecule has 45 heavy (non-hydrogen) atoms. The number of nitrogen functional groups attached to an aromatic ring is 1. The number of aromatic nitrogens is 4. The topological polar surface area (TPSA) is 324 Å². The molecule has 0 spiro atoms. The van der Waals surface area contributed by atoms with Gasteiger partial charge in [0.05, 0.1) is 24.5 Å². The highest BCUT2D eigenvalue weighted by atomic mass is 31.3. The summed E-state index contributed by atoms with van der Waals surface area (Å²) in [5.41, 5.74) is 5.85. The summed E-state index contributed by atoms with van der Waals surface area (Å²) in [6, 6.07) is 4.66. The van der Waals surface area contributed by atoms with Crippen LogP contribution in [0.1, 0.15) is 6.23 Å². The number of nitrogens with two attached hydrogens (primary N) is 1. The first-order valence-corrected chi connectivity index (χ1v) is 15.7. The third kappa shape index (κ3) is 7.28. The number of hydrogen-bond acceptors (Lipinski definition) is 18. The number of anilines is 1. The third-order valence-corrected chi connectivity index (χ3v) is 9.23. The lowest BCUT2D eigenvalue weighted by molar-refractivity contribution is -0.384. The predicted molar refractivity (Wildman–Crippen MR) is 143 cm³/mol. The Labute approximate surface area is 250 Å². The number of aliphatic hydroxyl groups excluding tert-OH is 4. The molecule has 2 aliphatic heterocycles. The number of nitro benzene ring substituents is 1. The maximum absolute atomic E-state index is 12.4. The first-order chi connectivity index (χ1) is 21.2. The first kappa shape index (κ1) is 33.2. The fourth-order valence-corrected chi connectivity index (χ4v) is 6.49. The molecule has 3 aromatic rings. The van der Waals surface area contributed by atoms with Crippen molar-refractivity contribution in [2.45, 2.75) is 49.1 Å². The van der Waals surface area contributed by atoms with Crippen LogP contribution in [0.4, 0.5) is 11.5 Å². The molecule has 0 saturated carbocycles. The van der Waals surface area contributed by atoms with Gasteiger partial charge in [-0.25, -0.2) is 24.1 Å². The Morgan fingerprint density at radius 2 is 1.51 bits per heavy atom. The molecular formula is C21H26N6O16P2. The van der Waals surface area contributed by atoms with Crippen molar-refractivity contribution in [3.05, 3.63) is 47.0 Å². The van der Waals surface area contributed by atoms with Crippen LogP contribution in [0.25, 0.3) is 11.2 Å². The highest BCUT2D eigenvalue weighted by Gasteiger charge is 2.48. The van der Waals surface area contributed by atoms with Crippen LogP contribution in [-0.4, -0.2) is 111 Å². The van der Waals surface area contributed by atoms with Gasteiger partial charge in [0.2, 0.25) is 6.29 Å². The van der Waals surface area contributed by atoms with Crippen molar-refractivity contribution in [2.24, 2.45) is 0 Å². The van der Waals surface area contributed by atoms with Gasteiger partial charge in [-0.1, -0.05) is 0 Å². The molecule has 2 fully saturated rings. The van der Waals surface area contributed by atoms with E-state index >= 15 is 0 Å². The number of phosphoric ester groups is 2. The molecule has 10 atom stereocenters. The van der Waals surface area contributed by atoms with Gasteiger partial charge in [-0.15, -0.1) is 0 Å². The molecule has 0 aliphatic carbocycles. The van der Waals surface area contributed by atoms with E-state index in [2.05, 4.69) is 28.3 Å². The predicted octanol–water partition coefficient (Wildman–Crippen LogP) is -1.29. The van der Waals surface area contributed by atoms with Crippen LogP contribution in [0.5, 0.6) is 5.75 Å². The van der Waals surface area contributed by atoms with Gasteiger partial charge >= 0.3 is 15.6 Å². The van der Waals surface area contributed by atoms with E-state index in [-0.39, 0.29) is 28.4 Å². The van der Waals surface area contributed by atoms with E-state index in [0.717, 1.165) is 18.5 Å². The minimum Gasteiger partial charge on any atom is -0.462 e. The Morgan fingerprint density at radius 3 is 2.13 bits per heavy atom. The van der Waals surface area contributed by atoms with E-state index in [9.17, 15) is 49.5 Å². The Balaban J connectivity index is 1.13. The zero-order valence-corrected chi connectivity index (χ0v) is 24.3. The van der Waals surface area contributed by atoms with Crippen LogP contribution in [-0.2, 0) is 32.0 Å². The number of benzene rings is 1. The van der Waals surface area contributed by atoms with Crippen LogP contribution in [0.2, 0.25) is 0 Å². The van der Waals surface area contributed by atoms with Crippen molar-refractivity contribution in [3.8, 4) is 5.75 Å². The quantitative estimate of drug-likeness (QED) is 0.0664. The van der Waals surface area contributed by atoms with Crippen LogP contribution in [0, 0.1) is 10.1 Å². The van der Waals surface area contributed by atoms with E-state index in [0.29, 0.717) is 0 Å². The van der Waals surface area contributed by atoms with Crippen molar-refractivity contribution in [1.82, 2.24) is 19.5 Å². The smallest absolute Gasteiger partial charge is 0.462 e. The number of hydrogen-bond donors (Lipinski definition) is 7. The van der Waals surface area contributed by atoms with Crippen molar-refractivity contribution >= 4 is 38.3 Å². The fraction of sp³-hybridized carbons (Fsp3) is 0.476. The average Bonchev–Trinajstić information content (AvgIpc) is 3.61. The zero-order valence-electron chi connectivity index (χ0n) is 22.5. The molecule has 0 amide bonds. The Bertz CT molecular complexity index is 1630. The maximum Gasteiger partial charge on any atom is 0.481 e. The standard InChI is InChI=1S/C21H26N6O16P2/c22-18-13-19(24-7-23-18)26(8-25-13)20-16(30)14(28)11(41-20)5-38-44(34,35)43-45(36,37)39-6-12-15(29)17(31)21(42-12)40-10-3-1-9(2-4-10)27(32)33/h1-4,7-8,11-12,14-17,20-21,28-31H,5-6H2,(H,34,35)(H,36,37)(H2,22,23,24)/t11-,12+,14-,15+,16-,17+,20-,21+/m1/s1. The van der Waals surface area contributed by atoms with E-state index in [1.165, 1.54) is 23.0 Å². The summed E-state index contributed by atoms with van der Waals surface area (Å²) < 4.78 is 55.7. The minimum atomic E-state index is -5.39. The third-order valence-electron chi connectivity index (χ3n) is 6.63. The molecule has 0 radical (unpaired) electrons. The molecule has 1 aromatic carbocycles. The van der Waals surface area contributed by atoms with Crippen LogP contribution in [0.3, 0.4) is 0 Å². The second-order valence-corrected chi connectivity index (χ2v) is 12.7. The van der Waals surface area contributed by atoms with Gasteiger partial charge in [0.25, 0.3) is 5.69 Å². The van der Waals surface area contributed by atoms with Gasteiger partial charge in [-0.05, 0) is 12.1 Å². The molecule has 8 N–H and O–H groups in total. The number of imidazole rings is 1. The van der Waals surface area contributed by atoms with Gasteiger partial charge in [-0.2, -0.15) is 4.31 Å². The summed E-state index contributed by atoms with van der Waals surface area (Å²) in [5.74, 6) is 0.0708. The lowest BCUT2D eigenvalue weighted by atomic mass is 10.1. The van der Waals surface area contributed by atoms with E-state index in [1.807, 2.05) is 0 Å². The number of non-ortho nitro benzene ring substituents is 1.